The molecule has 0 aliphatic carbocycles. The van der Waals surface area contributed by atoms with Crippen LogP contribution in [-0.4, -0.2) is 34.2 Å². The Bertz CT molecular complexity index is 467. The Morgan fingerprint density at radius 2 is 2.33 bits per heavy atom. The van der Waals surface area contributed by atoms with Gasteiger partial charge in [0, 0.05) is 19.3 Å². The van der Waals surface area contributed by atoms with E-state index in [4.69, 9.17) is 0 Å². The minimum absolute atomic E-state index is 0.0950. The summed E-state index contributed by atoms with van der Waals surface area (Å²) in [6.45, 7) is 2.52. The first-order chi connectivity index (χ1) is 8.59. The smallest absolute Gasteiger partial charge is 0.255 e. The Labute approximate surface area is 106 Å². The zero-order valence-corrected chi connectivity index (χ0v) is 10.7. The highest BCUT2D eigenvalue weighted by atomic mass is 16.2. The number of carbonyl (C=O) groups excluding carboxylic acids is 2. The molecule has 1 aromatic rings. The maximum atomic E-state index is 12.1. The number of hydrogen-bond donors (Lipinski definition) is 2. The van der Waals surface area contributed by atoms with E-state index in [1.807, 2.05) is 6.92 Å². The van der Waals surface area contributed by atoms with Gasteiger partial charge in [-0.15, -0.1) is 0 Å². The first-order valence-corrected chi connectivity index (χ1v) is 6.17. The summed E-state index contributed by atoms with van der Waals surface area (Å²) in [6, 6.07) is -0.431. The molecule has 0 radical (unpaired) electrons. The van der Waals surface area contributed by atoms with Gasteiger partial charge >= 0.3 is 0 Å². The van der Waals surface area contributed by atoms with Crippen LogP contribution in [0.4, 0.5) is 0 Å². The van der Waals surface area contributed by atoms with Crippen molar-refractivity contribution in [2.24, 2.45) is 7.05 Å². The van der Waals surface area contributed by atoms with Crippen molar-refractivity contribution in [2.75, 3.05) is 6.54 Å². The molecule has 0 saturated carbocycles. The average Bonchev–Trinajstić information content (AvgIpc) is 2.55. The number of carbonyl (C=O) groups is 2. The van der Waals surface area contributed by atoms with Gasteiger partial charge in [0.1, 0.15) is 6.04 Å². The van der Waals surface area contributed by atoms with E-state index in [2.05, 4.69) is 15.7 Å². The van der Waals surface area contributed by atoms with Gasteiger partial charge in [0.2, 0.25) is 5.91 Å². The lowest BCUT2D eigenvalue weighted by molar-refractivity contribution is -0.122. The lowest BCUT2D eigenvalue weighted by Gasteiger charge is -2.14. The molecule has 1 aromatic heterocycles. The minimum Gasteiger partial charge on any atom is -0.354 e. The zero-order chi connectivity index (χ0) is 13.1. The third kappa shape index (κ3) is 2.52. The summed E-state index contributed by atoms with van der Waals surface area (Å²) >= 11 is 0. The summed E-state index contributed by atoms with van der Waals surface area (Å²) in [7, 11) is 1.78. The van der Waals surface area contributed by atoms with E-state index in [9.17, 15) is 9.59 Å². The Morgan fingerprint density at radius 1 is 1.56 bits per heavy atom. The summed E-state index contributed by atoms with van der Waals surface area (Å²) < 4.78 is 1.64. The van der Waals surface area contributed by atoms with Crippen LogP contribution in [0.2, 0.25) is 0 Å². The van der Waals surface area contributed by atoms with Crippen molar-refractivity contribution >= 4 is 11.8 Å². The van der Waals surface area contributed by atoms with Crippen LogP contribution in [0.25, 0.3) is 0 Å². The van der Waals surface area contributed by atoms with Gasteiger partial charge in [-0.3, -0.25) is 14.3 Å². The van der Waals surface area contributed by atoms with Crippen LogP contribution in [0.15, 0.2) is 6.20 Å². The Morgan fingerprint density at radius 3 is 3.00 bits per heavy atom. The molecule has 1 atom stereocenters. The number of amides is 2. The van der Waals surface area contributed by atoms with Gasteiger partial charge in [0.15, 0.2) is 0 Å². The van der Waals surface area contributed by atoms with Gasteiger partial charge < -0.3 is 10.6 Å². The van der Waals surface area contributed by atoms with E-state index in [-0.39, 0.29) is 11.8 Å². The SMILES string of the molecule is Cc1c(C(=O)N[C@H]2CCCCNC2=O)cnn1C. The summed E-state index contributed by atoms with van der Waals surface area (Å²) in [5.41, 5.74) is 1.32. The van der Waals surface area contributed by atoms with Gasteiger partial charge in [-0.25, -0.2) is 0 Å². The summed E-state index contributed by atoms with van der Waals surface area (Å²) in [4.78, 5) is 23.8. The summed E-state index contributed by atoms with van der Waals surface area (Å²) in [5, 5.41) is 9.59. The van der Waals surface area contributed by atoms with Gasteiger partial charge in [-0.05, 0) is 26.2 Å². The molecule has 98 valence electrons. The van der Waals surface area contributed by atoms with Crippen LogP contribution in [0, 0.1) is 6.92 Å². The van der Waals surface area contributed by atoms with Crippen molar-refractivity contribution in [3.05, 3.63) is 17.5 Å². The third-order valence-electron chi connectivity index (χ3n) is 3.32. The molecule has 2 N–H and O–H groups in total. The molecular formula is C12H18N4O2. The highest BCUT2D eigenvalue weighted by Gasteiger charge is 2.24. The van der Waals surface area contributed by atoms with Gasteiger partial charge in [-0.2, -0.15) is 5.10 Å². The van der Waals surface area contributed by atoms with Gasteiger partial charge in [-0.1, -0.05) is 0 Å². The van der Waals surface area contributed by atoms with Crippen LogP contribution < -0.4 is 10.6 Å². The zero-order valence-electron chi connectivity index (χ0n) is 10.7. The number of aromatic nitrogens is 2. The molecule has 0 bridgehead atoms. The molecule has 1 fully saturated rings. The highest BCUT2D eigenvalue weighted by Crippen LogP contribution is 2.09. The van der Waals surface area contributed by atoms with Crippen molar-refractivity contribution in [3.63, 3.8) is 0 Å². The van der Waals surface area contributed by atoms with E-state index in [1.54, 1.807) is 11.7 Å². The molecule has 0 aromatic carbocycles. The first kappa shape index (κ1) is 12.6. The third-order valence-corrected chi connectivity index (χ3v) is 3.32. The van der Waals surface area contributed by atoms with Crippen molar-refractivity contribution in [2.45, 2.75) is 32.2 Å². The average molecular weight is 250 g/mol. The molecule has 2 amide bonds. The molecule has 1 saturated heterocycles. The maximum Gasteiger partial charge on any atom is 0.255 e. The highest BCUT2D eigenvalue weighted by molar-refractivity contribution is 5.98. The second-order valence-electron chi connectivity index (χ2n) is 4.58. The van der Waals surface area contributed by atoms with E-state index in [0.29, 0.717) is 18.5 Å². The van der Waals surface area contributed by atoms with Crippen molar-refractivity contribution in [3.8, 4) is 0 Å². The Hall–Kier alpha value is -1.85. The van der Waals surface area contributed by atoms with Crippen molar-refractivity contribution in [1.29, 1.82) is 0 Å². The molecule has 2 rings (SSSR count). The summed E-state index contributed by atoms with van der Waals surface area (Å²) in [6.07, 6.45) is 4.12. The van der Waals surface area contributed by atoms with Crippen LogP contribution >= 0.6 is 0 Å². The molecule has 18 heavy (non-hydrogen) atoms. The summed E-state index contributed by atoms with van der Waals surface area (Å²) in [5.74, 6) is -0.329. The Kier molecular flexibility index (Phi) is 3.64. The maximum absolute atomic E-state index is 12.1. The molecule has 6 heteroatoms. The molecule has 1 aliphatic heterocycles. The second-order valence-corrected chi connectivity index (χ2v) is 4.58. The number of aryl methyl sites for hydroxylation is 1. The van der Waals surface area contributed by atoms with Gasteiger partial charge in [0.25, 0.3) is 5.91 Å². The Balaban J connectivity index is 2.06. The quantitative estimate of drug-likeness (QED) is 0.783. The normalized spacial score (nSPS) is 20.1. The molecule has 6 nitrogen and oxygen atoms in total. The lowest BCUT2D eigenvalue weighted by Crippen LogP contribution is -2.45. The largest absolute Gasteiger partial charge is 0.354 e. The van der Waals surface area contributed by atoms with Crippen LogP contribution in [0.5, 0.6) is 0 Å². The van der Waals surface area contributed by atoms with Crippen LogP contribution in [0.1, 0.15) is 35.3 Å². The molecule has 1 aliphatic rings. The van der Waals surface area contributed by atoms with E-state index in [0.717, 1.165) is 18.5 Å². The monoisotopic (exact) mass is 250 g/mol. The van der Waals surface area contributed by atoms with E-state index in [1.165, 1.54) is 6.20 Å². The fourth-order valence-electron chi connectivity index (χ4n) is 2.03. The molecule has 0 unspecified atom stereocenters. The van der Waals surface area contributed by atoms with Crippen LogP contribution in [-0.2, 0) is 11.8 Å². The number of hydrogen-bond acceptors (Lipinski definition) is 3. The van der Waals surface area contributed by atoms with E-state index < -0.39 is 6.04 Å². The van der Waals surface area contributed by atoms with Gasteiger partial charge in [0.05, 0.1) is 11.8 Å². The number of rotatable bonds is 2. The van der Waals surface area contributed by atoms with Crippen molar-refractivity contribution in [1.82, 2.24) is 20.4 Å². The number of nitrogens with zero attached hydrogens (tertiary/aromatic N) is 2. The van der Waals surface area contributed by atoms with Crippen LogP contribution in [0.3, 0.4) is 0 Å². The minimum atomic E-state index is -0.431. The topological polar surface area (TPSA) is 76.0 Å². The fourth-order valence-corrected chi connectivity index (χ4v) is 2.03. The predicted octanol–water partition coefficient (Wildman–Crippen LogP) is 0.127. The first-order valence-electron chi connectivity index (χ1n) is 6.17. The molecule has 0 spiro atoms. The second kappa shape index (κ2) is 5.20. The van der Waals surface area contributed by atoms with Crippen molar-refractivity contribution < 1.29 is 9.59 Å². The standard InChI is InChI=1S/C12H18N4O2/c1-8-9(7-14-16(8)2)11(17)15-10-5-3-4-6-13-12(10)18/h7,10H,3-6H2,1-2H3,(H,13,18)(H,15,17)/t10-/m0/s1. The number of nitrogens with one attached hydrogen (secondary N) is 2. The van der Waals surface area contributed by atoms with E-state index >= 15 is 0 Å². The molecule has 2 heterocycles. The predicted molar refractivity (Wildman–Crippen MR) is 66.1 cm³/mol. The fraction of sp³-hybridized carbons (Fsp3) is 0.583. The lowest BCUT2D eigenvalue weighted by atomic mass is 10.1. The molecular weight excluding hydrogens is 232 g/mol.